The minimum absolute atomic E-state index is 0.250. The second-order valence-electron chi connectivity index (χ2n) is 0.341. The van der Waals surface area contributed by atoms with Crippen molar-refractivity contribution in [2.45, 2.75) is 0 Å². The summed E-state index contributed by atoms with van der Waals surface area (Å²) >= 11 is 0. The lowest BCUT2D eigenvalue weighted by Gasteiger charge is -1.40. The fourth-order valence-corrected chi connectivity index (χ4v) is 0. The van der Waals surface area contributed by atoms with E-state index in [1.807, 2.05) is 0 Å². The van der Waals surface area contributed by atoms with Gasteiger partial charge in [-0.2, -0.15) is 0 Å². The molecule has 0 fully saturated rings. The molecule has 0 spiro atoms. The van der Waals surface area contributed by atoms with Crippen LogP contribution in [-0.2, 0) is 4.79 Å². The number of hydrogen-bond acceptors (Lipinski definition) is 2. The molecule has 0 heterocycles. The lowest BCUT2D eigenvalue weighted by Crippen LogP contribution is -1.67. The Morgan fingerprint density at radius 3 is 1.83 bits per heavy atom. The molecule has 0 atom stereocenters. The molecule has 36 valence electrons. The molecule has 0 saturated heterocycles. The summed E-state index contributed by atoms with van der Waals surface area (Å²) in [6, 6.07) is 0. The van der Waals surface area contributed by atoms with Crippen molar-refractivity contribution >= 4 is 6.47 Å². The van der Waals surface area contributed by atoms with E-state index in [-0.39, 0.29) is 6.47 Å². The highest BCUT2D eigenvalue weighted by molar-refractivity contribution is 5.32. The summed E-state index contributed by atoms with van der Waals surface area (Å²) in [7, 11) is 0. The van der Waals surface area contributed by atoms with Crippen LogP contribution in [0, 0.1) is 0 Å². The van der Waals surface area contributed by atoms with E-state index >= 15 is 0 Å². The van der Waals surface area contributed by atoms with Crippen LogP contribution < -0.4 is 5.73 Å². The Morgan fingerprint density at radius 1 is 1.83 bits per heavy atom. The zero-order valence-corrected chi connectivity index (χ0v) is 3.29. The van der Waals surface area contributed by atoms with Crippen LogP contribution in [0.15, 0.2) is 12.8 Å². The molecule has 0 bridgehead atoms. The van der Waals surface area contributed by atoms with Gasteiger partial charge in [0.2, 0.25) is 0 Å². The van der Waals surface area contributed by atoms with Crippen LogP contribution in [0.5, 0.6) is 0 Å². The number of carbonyl (C=O) groups is 1. The first kappa shape index (κ1) is 8.89. The van der Waals surface area contributed by atoms with E-state index in [0.717, 1.165) is 0 Å². The molecule has 0 rings (SSSR count). The highest BCUT2D eigenvalue weighted by Crippen LogP contribution is 1.13. The molecule has 0 aliphatic rings. The molecule has 0 aromatic rings. The summed E-state index contributed by atoms with van der Waals surface area (Å²) in [6.45, 7) is 2.89. The fraction of sp³-hybridized carbons (Fsp3) is 0. The summed E-state index contributed by atoms with van der Waals surface area (Å²) in [6.07, 6.45) is 1.25. The number of nitrogens with two attached hydrogens (primary N) is 1. The van der Waals surface area contributed by atoms with Crippen LogP contribution in [0.25, 0.3) is 0 Å². The molecular formula is C3H7NO2. The molecule has 3 nitrogen and oxygen atoms in total. The van der Waals surface area contributed by atoms with E-state index in [0.29, 0.717) is 0 Å². The first-order valence-electron chi connectivity index (χ1n) is 1.24. The maximum Gasteiger partial charge on any atom is 0.290 e. The average molecular weight is 89.1 g/mol. The minimum Gasteiger partial charge on any atom is -0.483 e. The van der Waals surface area contributed by atoms with Gasteiger partial charge in [-0.15, -0.1) is 0 Å². The van der Waals surface area contributed by atoms with Gasteiger partial charge in [0.15, 0.2) is 0 Å². The quantitative estimate of drug-likeness (QED) is 0.403. The number of rotatable bonds is 0. The molecular weight excluding hydrogens is 82.0 g/mol. The van der Waals surface area contributed by atoms with Crippen LogP contribution >= 0.6 is 0 Å². The van der Waals surface area contributed by atoms with Crippen molar-refractivity contribution in [3.63, 3.8) is 0 Å². The summed E-state index contributed by atoms with van der Waals surface area (Å²) in [5.41, 5.74) is 4.61. The second kappa shape index (κ2) is 35.6. The van der Waals surface area contributed by atoms with Gasteiger partial charge in [-0.1, -0.05) is 6.58 Å². The predicted molar refractivity (Wildman–Crippen MR) is 23.1 cm³/mol. The van der Waals surface area contributed by atoms with Gasteiger partial charge in [-0.25, -0.2) is 0 Å². The Kier molecular flexibility index (Phi) is 52.8. The summed E-state index contributed by atoms with van der Waals surface area (Å²) < 4.78 is 0. The van der Waals surface area contributed by atoms with Crippen LogP contribution in [0.4, 0.5) is 0 Å². The molecule has 0 aliphatic carbocycles. The van der Waals surface area contributed by atoms with Crippen molar-refractivity contribution in [3.05, 3.63) is 12.8 Å². The third-order valence-electron chi connectivity index (χ3n) is 0. The van der Waals surface area contributed by atoms with Crippen molar-refractivity contribution in [1.29, 1.82) is 0 Å². The largest absolute Gasteiger partial charge is 0.483 e. The van der Waals surface area contributed by atoms with Crippen molar-refractivity contribution < 1.29 is 9.90 Å². The average Bonchev–Trinajstić information content (AvgIpc) is 1.39. The lowest BCUT2D eigenvalue weighted by atomic mass is 11.1. The minimum atomic E-state index is -0.250. The maximum atomic E-state index is 8.36. The van der Waals surface area contributed by atoms with Crippen molar-refractivity contribution in [1.82, 2.24) is 0 Å². The van der Waals surface area contributed by atoms with Gasteiger partial charge in [0.1, 0.15) is 0 Å². The van der Waals surface area contributed by atoms with Gasteiger partial charge in [-0.05, 0) is 6.20 Å². The fourth-order valence-electron chi connectivity index (χ4n) is 0. The summed E-state index contributed by atoms with van der Waals surface area (Å²) in [5.74, 6) is 0. The smallest absolute Gasteiger partial charge is 0.290 e. The Hall–Kier alpha value is -0.990. The molecule has 0 saturated carbocycles. The Bertz CT molecular complexity index is 29.8. The van der Waals surface area contributed by atoms with Crippen LogP contribution in [-0.4, -0.2) is 11.6 Å². The molecule has 6 heavy (non-hydrogen) atoms. The highest BCUT2D eigenvalue weighted by Gasteiger charge is 1.22. The van der Waals surface area contributed by atoms with Crippen molar-refractivity contribution in [3.8, 4) is 0 Å². The van der Waals surface area contributed by atoms with Crippen molar-refractivity contribution in [2.24, 2.45) is 5.73 Å². The van der Waals surface area contributed by atoms with Gasteiger partial charge in [0.05, 0.1) is 0 Å². The number of hydrogen-bond donors (Lipinski definition) is 2. The maximum absolute atomic E-state index is 8.36. The third kappa shape index (κ3) is 12.4. The second-order valence-corrected chi connectivity index (χ2v) is 0.341. The standard InChI is InChI=1S/C2H5N.CH2O2/c1-2-3;2-1-3/h2H,1,3H2;1H,(H,2,3). The first-order chi connectivity index (χ1) is 2.83. The third-order valence-corrected chi connectivity index (χ3v) is 0. The molecule has 0 aromatic carbocycles. The van der Waals surface area contributed by atoms with E-state index in [1.54, 1.807) is 0 Å². The number of carboxylic acid groups (broad SMARTS) is 1. The molecule has 0 aliphatic heterocycles. The Morgan fingerprint density at radius 2 is 1.83 bits per heavy atom. The predicted octanol–water partition coefficient (Wildman–Crippen LogP) is -0.211. The van der Waals surface area contributed by atoms with Gasteiger partial charge in [0.25, 0.3) is 6.47 Å². The topological polar surface area (TPSA) is 63.3 Å². The lowest BCUT2D eigenvalue weighted by molar-refractivity contribution is -0.122. The van der Waals surface area contributed by atoms with Gasteiger partial charge >= 0.3 is 0 Å². The summed E-state index contributed by atoms with van der Waals surface area (Å²) in [4.78, 5) is 8.36. The van der Waals surface area contributed by atoms with E-state index in [4.69, 9.17) is 9.90 Å². The first-order valence-corrected chi connectivity index (χ1v) is 1.24. The molecule has 3 heteroatoms. The Balaban J connectivity index is 0. The monoisotopic (exact) mass is 89.0 g/mol. The SMILES string of the molecule is C=CN.O=CO. The zero-order chi connectivity index (χ0) is 5.41. The Labute approximate surface area is 36.1 Å². The van der Waals surface area contributed by atoms with Crippen LogP contribution in [0.1, 0.15) is 0 Å². The van der Waals surface area contributed by atoms with E-state index in [1.165, 1.54) is 6.20 Å². The van der Waals surface area contributed by atoms with Gasteiger partial charge in [-0.3, -0.25) is 4.79 Å². The van der Waals surface area contributed by atoms with Gasteiger partial charge in [0, 0.05) is 0 Å². The molecule has 0 unspecified atom stereocenters. The zero-order valence-electron chi connectivity index (χ0n) is 3.29. The highest BCUT2D eigenvalue weighted by atomic mass is 16.3. The molecule has 3 N–H and O–H groups in total. The summed E-state index contributed by atoms with van der Waals surface area (Å²) in [5, 5.41) is 6.89. The van der Waals surface area contributed by atoms with Crippen molar-refractivity contribution in [2.75, 3.05) is 0 Å². The molecule has 0 radical (unpaired) electrons. The van der Waals surface area contributed by atoms with E-state index < -0.39 is 0 Å². The van der Waals surface area contributed by atoms with E-state index in [9.17, 15) is 0 Å². The van der Waals surface area contributed by atoms with Gasteiger partial charge < -0.3 is 10.8 Å². The van der Waals surface area contributed by atoms with Crippen LogP contribution in [0.3, 0.4) is 0 Å². The molecule has 0 amide bonds. The normalized spacial score (nSPS) is 4.00. The van der Waals surface area contributed by atoms with Crippen LogP contribution in [0.2, 0.25) is 0 Å². The molecule has 0 aromatic heterocycles. The van der Waals surface area contributed by atoms with E-state index in [2.05, 4.69) is 12.3 Å².